The number of aromatic nitrogens is 4. The van der Waals surface area contributed by atoms with Crippen molar-refractivity contribution in [2.24, 2.45) is 5.92 Å². The molecule has 3 N–H and O–H groups in total. The first-order valence-electron chi connectivity index (χ1n) is 8.68. The van der Waals surface area contributed by atoms with Gasteiger partial charge in [0.25, 0.3) is 0 Å². The minimum absolute atomic E-state index is 0.0717. The Balaban J connectivity index is 1.70. The number of aliphatic hydroxyl groups excluding tert-OH is 2. The van der Waals surface area contributed by atoms with Crippen LogP contribution in [0.1, 0.15) is 38.1 Å². The summed E-state index contributed by atoms with van der Waals surface area (Å²) in [7, 11) is 0. The number of fused-ring (bicyclic) bond motifs is 1. The van der Waals surface area contributed by atoms with E-state index in [1.54, 1.807) is 6.20 Å². The first-order valence-corrected chi connectivity index (χ1v) is 9.06. The van der Waals surface area contributed by atoms with Gasteiger partial charge in [0, 0.05) is 18.6 Å². The second kappa shape index (κ2) is 6.66. The molecule has 0 aromatic carbocycles. The van der Waals surface area contributed by atoms with E-state index in [-0.39, 0.29) is 11.9 Å². The topological polar surface area (TPSA) is 96.1 Å². The number of alkyl halides is 1. The largest absolute Gasteiger partial charge is 0.396 e. The van der Waals surface area contributed by atoms with Crippen LogP contribution in [-0.4, -0.2) is 54.9 Å². The molecule has 0 amide bonds. The predicted molar refractivity (Wildman–Crippen MR) is 91.3 cm³/mol. The quantitative estimate of drug-likeness (QED) is 0.714. The van der Waals surface area contributed by atoms with Crippen LogP contribution in [0.3, 0.4) is 0 Å². The molecule has 25 heavy (non-hydrogen) atoms. The molecular formula is C16H21ClFN5O2. The molecule has 2 aromatic rings. The van der Waals surface area contributed by atoms with Gasteiger partial charge < -0.3 is 15.5 Å². The minimum atomic E-state index is -1.51. The normalized spacial score (nSPS) is 30.4. The van der Waals surface area contributed by atoms with Crippen LogP contribution in [0.5, 0.6) is 0 Å². The van der Waals surface area contributed by atoms with Crippen LogP contribution in [0.25, 0.3) is 11.0 Å². The van der Waals surface area contributed by atoms with Gasteiger partial charge in [0.15, 0.2) is 5.65 Å². The lowest BCUT2D eigenvalue weighted by Gasteiger charge is -2.16. The lowest BCUT2D eigenvalue weighted by molar-refractivity contribution is 0.0393. The van der Waals surface area contributed by atoms with Crippen LogP contribution < -0.4 is 5.32 Å². The number of nitrogens with zero attached hydrogens (tertiary/aromatic N) is 4. The van der Waals surface area contributed by atoms with Gasteiger partial charge in [-0.1, -0.05) is 12.8 Å². The number of nitrogens with one attached hydrogen (secondary N) is 1. The monoisotopic (exact) mass is 369 g/mol. The van der Waals surface area contributed by atoms with Crippen molar-refractivity contribution in [1.82, 2.24) is 19.7 Å². The average Bonchev–Trinajstić information content (AvgIpc) is 3.29. The standard InChI is InChI=1S/C16H21ClFN5O2/c17-16-21-14(20-9-3-1-2-4-9)10-6-19-23(15(10)22-16)11-5-8(7-24)13(25)12(11)18/h6,8-9,11-13,24-25H,1-5,7H2,(H,20,21,22)/t8-,11-,12-,13-/m1/s1. The van der Waals surface area contributed by atoms with Crippen LogP contribution >= 0.6 is 11.6 Å². The molecule has 0 unspecified atom stereocenters. The van der Waals surface area contributed by atoms with Crippen LogP contribution in [0.15, 0.2) is 6.20 Å². The molecule has 0 radical (unpaired) electrons. The average molecular weight is 370 g/mol. The molecule has 136 valence electrons. The third-order valence-corrected chi connectivity index (χ3v) is 5.56. The molecule has 0 bridgehead atoms. The van der Waals surface area contributed by atoms with Gasteiger partial charge in [-0.15, -0.1) is 0 Å². The highest BCUT2D eigenvalue weighted by Crippen LogP contribution is 2.39. The van der Waals surface area contributed by atoms with Crippen molar-refractivity contribution in [2.75, 3.05) is 11.9 Å². The van der Waals surface area contributed by atoms with Crippen molar-refractivity contribution in [3.63, 3.8) is 0 Å². The van der Waals surface area contributed by atoms with Crippen molar-refractivity contribution in [3.8, 4) is 0 Å². The molecule has 4 atom stereocenters. The second-order valence-corrected chi connectivity index (χ2v) is 7.31. The summed E-state index contributed by atoms with van der Waals surface area (Å²) in [6.45, 7) is -0.262. The molecule has 0 saturated heterocycles. The minimum Gasteiger partial charge on any atom is -0.396 e. The molecule has 9 heteroatoms. The molecule has 2 saturated carbocycles. The van der Waals surface area contributed by atoms with Crippen molar-refractivity contribution < 1.29 is 14.6 Å². The second-order valence-electron chi connectivity index (χ2n) is 6.97. The maximum atomic E-state index is 14.5. The van der Waals surface area contributed by atoms with Gasteiger partial charge in [0.2, 0.25) is 5.28 Å². The van der Waals surface area contributed by atoms with E-state index in [9.17, 15) is 14.6 Å². The summed E-state index contributed by atoms with van der Waals surface area (Å²) in [6.07, 6.45) is 3.71. The highest BCUT2D eigenvalue weighted by atomic mass is 35.5. The lowest BCUT2D eigenvalue weighted by atomic mass is 10.1. The maximum absolute atomic E-state index is 14.5. The van der Waals surface area contributed by atoms with Gasteiger partial charge >= 0.3 is 0 Å². The first-order chi connectivity index (χ1) is 12.1. The Morgan fingerprint density at radius 1 is 1.32 bits per heavy atom. The fourth-order valence-electron chi connectivity index (χ4n) is 4.00. The fraction of sp³-hybridized carbons (Fsp3) is 0.688. The number of hydrogen-bond donors (Lipinski definition) is 3. The van der Waals surface area contributed by atoms with Crippen LogP contribution in [0.4, 0.5) is 10.2 Å². The summed E-state index contributed by atoms with van der Waals surface area (Å²) >= 11 is 6.08. The summed E-state index contributed by atoms with van der Waals surface area (Å²) in [5.74, 6) is 0.105. The Kier molecular flexibility index (Phi) is 4.51. The molecule has 2 aliphatic rings. The molecule has 7 nitrogen and oxygen atoms in total. The van der Waals surface area contributed by atoms with Crippen molar-refractivity contribution in [1.29, 1.82) is 0 Å². The zero-order valence-corrected chi connectivity index (χ0v) is 14.4. The highest BCUT2D eigenvalue weighted by molar-refractivity contribution is 6.28. The Labute approximate surface area is 149 Å². The van der Waals surface area contributed by atoms with E-state index in [2.05, 4.69) is 20.4 Å². The van der Waals surface area contributed by atoms with E-state index in [4.69, 9.17) is 11.6 Å². The lowest BCUT2D eigenvalue weighted by Crippen LogP contribution is -2.27. The van der Waals surface area contributed by atoms with E-state index in [0.29, 0.717) is 29.3 Å². The van der Waals surface area contributed by atoms with Gasteiger partial charge in [0.1, 0.15) is 12.0 Å². The highest BCUT2D eigenvalue weighted by Gasteiger charge is 2.44. The van der Waals surface area contributed by atoms with E-state index in [0.717, 1.165) is 12.8 Å². The number of halogens is 2. The Hall–Kier alpha value is -1.51. The Morgan fingerprint density at radius 3 is 2.76 bits per heavy atom. The Morgan fingerprint density at radius 2 is 2.08 bits per heavy atom. The predicted octanol–water partition coefficient (Wildman–Crippen LogP) is 2.09. The molecule has 2 heterocycles. The van der Waals surface area contributed by atoms with Gasteiger partial charge in [-0.25, -0.2) is 9.07 Å². The fourth-order valence-corrected chi connectivity index (χ4v) is 4.16. The third kappa shape index (κ3) is 2.96. The molecule has 4 rings (SSSR count). The number of aliphatic hydroxyl groups is 2. The summed E-state index contributed by atoms with van der Waals surface area (Å²) in [6, 6.07) is -0.339. The van der Waals surface area contributed by atoms with Crippen molar-refractivity contribution in [3.05, 3.63) is 11.5 Å². The summed E-state index contributed by atoms with van der Waals surface area (Å²) in [4.78, 5) is 8.51. The number of anilines is 1. The summed E-state index contributed by atoms with van der Waals surface area (Å²) in [5.41, 5.74) is 0.443. The smallest absolute Gasteiger partial charge is 0.226 e. The van der Waals surface area contributed by atoms with Crippen molar-refractivity contribution in [2.45, 2.75) is 56.5 Å². The number of rotatable bonds is 4. The SMILES string of the molecule is OC[C@H]1C[C@@H](n2ncc3c(NC4CCCC4)nc(Cl)nc32)[C@@H](F)[C@@H]1O. The van der Waals surface area contributed by atoms with Crippen LogP contribution in [0.2, 0.25) is 5.28 Å². The molecule has 2 aliphatic carbocycles. The van der Waals surface area contributed by atoms with Crippen LogP contribution in [-0.2, 0) is 0 Å². The van der Waals surface area contributed by atoms with Crippen molar-refractivity contribution >= 4 is 28.5 Å². The third-order valence-electron chi connectivity index (χ3n) is 5.39. The van der Waals surface area contributed by atoms with Gasteiger partial charge in [-0.2, -0.15) is 15.1 Å². The van der Waals surface area contributed by atoms with E-state index >= 15 is 0 Å². The van der Waals surface area contributed by atoms with Gasteiger partial charge in [0.05, 0.1) is 23.7 Å². The maximum Gasteiger partial charge on any atom is 0.226 e. The van der Waals surface area contributed by atoms with Gasteiger partial charge in [-0.05, 0) is 30.9 Å². The summed E-state index contributed by atoms with van der Waals surface area (Å²) < 4.78 is 16.0. The molecule has 0 aliphatic heterocycles. The molecule has 0 spiro atoms. The zero-order valence-electron chi connectivity index (χ0n) is 13.6. The first kappa shape index (κ1) is 16.9. The number of hydrogen-bond acceptors (Lipinski definition) is 6. The van der Waals surface area contributed by atoms with Gasteiger partial charge in [-0.3, -0.25) is 0 Å². The molecule has 2 aromatic heterocycles. The van der Waals surface area contributed by atoms with E-state index in [1.165, 1.54) is 17.5 Å². The summed E-state index contributed by atoms with van der Waals surface area (Å²) in [5, 5.41) is 27.7. The molecular weight excluding hydrogens is 349 g/mol. The van der Waals surface area contributed by atoms with E-state index in [1.807, 2.05) is 0 Å². The molecule has 2 fully saturated rings. The van der Waals surface area contributed by atoms with E-state index < -0.39 is 24.2 Å². The zero-order chi connectivity index (χ0) is 17.6. The van der Waals surface area contributed by atoms with Crippen LogP contribution in [0, 0.1) is 5.92 Å². The Bertz CT molecular complexity index is 766.